The van der Waals surface area contributed by atoms with Crippen LogP contribution < -0.4 is 5.73 Å². The molecule has 3 unspecified atom stereocenters. The first-order valence-corrected chi connectivity index (χ1v) is 7.52. The summed E-state index contributed by atoms with van der Waals surface area (Å²) in [5.41, 5.74) is 6.30. The van der Waals surface area contributed by atoms with Gasteiger partial charge in [0.2, 0.25) is 0 Å². The molecule has 0 aliphatic heterocycles. The molecule has 2 saturated carbocycles. The predicted molar refractivity (Wildman–Crippen MR) is 79.2 cm³/mol. The van der Waals surface area contributed by atoms with Crippen molar-refractivity contribution in [3.05, 3.63) is 29.6 Å². The quantitative estimate of drug-likeness (QED) is 0.666. The maximum Gasteiger partial charge on any atom is 0.340 e. The Bertz CT molecular complexity index is 598. The van der Waals surface area contributed by atoms with Crippen LogP contribution in [0.3, 0.4) is 0 Å². The van der Waals surface area contributed by atoms with Crippen LogP contribution >= 0.6 is 0 Å². The van der Waals surface area contributed by atoms with Gasteiger partial charge >= 0.3 is 5.97 Å². The number of carbonyl (C=O) groups is 1. The number of nitrogens with two attached hydrogens (primary N) is 1. The highest BCUT2D eigenvalue weighted by atomic mass is 19.1. The van der Waals surface area contributed by atoms with Gasteiger partial charge in [-0.2, -0.15) is 0 Å². The summed E-state index contributed by atoms with van der Waals surface area (Å²) in [6.45, 7) is 6.75. The summed E-state index contributed by atoms with van der Waals surface area (Å²) in [4.78, 5) is 12.3. The molecule has 0 saturated heterocycles. The third-order valence-corrected chi connectivity index (χ3v) is 6.20. The molecule has 2 N–H and O–H groups in total. The molecular weight excluding hydrogens is 269 g/mol. The van der Waals surface area contributed by atoms with E-state index in [1.165, 1.54) is 18.6 Å². The number of fused-ring (bicyclic) bond motifs is 2. The van der Waals surface area contributed by atoms with E-state index in [0.717, 1.165) is 18.9 Å². The smallest absolute Gasteiger partial charge is 0.340 e. The van der Waals surface area contributed by atoms with Crippen molar-refractivity contribution in [3.63, 3.8) is 0 Å². The summed E-state index contributed by atoms with van der Waals surface area (Å²) in [6.07, 6.45) is 3.12. The third kappa shape index (κ3) is 1.95. The van der Waals surface area contributed by atoms with E-state index >= 15 is 0 Å². The first-order valence-electron chi connectivity index (χ1n) is 7.52. The Kier molecular flexibility index (Phi) is 3.05. The lowest BCUT2D eigenvalue weighted by Crippen LogP contribution is -2.38. The van der Waals surface area contributed by atoms with Crippen molar-refractivity contribution in [2.45, 2.75) is 46.1 Å². The number of ether oxygens (including phenoxy) is 1. The highest BCUT2D eigenvalue weighted by Crippen LogP contribution is 2.66. The minimum absolute atomic E-state index is 0.0160. The van der Waals surface area contributed by atoms with Gasteiger partial charge in [-0.05, 0) is 48.8 Å². The molecular formula is C17H22FNO2. The number of esters is 1. The molecule has 2 fully saturated rings. The van der Waals surface area contributed by atoms with Crippen LogP contribution in [0.5, 0.6) is 0 Å². The zero-order valence-corrected chi connectivity index (χ0v) is 12.8. The summed E-state index contributed by atoms with van der Waals surface area (Å²) >= 11 is 0. The van der Waals surface area contributed by atoms with Crippen LogP contribution in [0.25, 0.3) is 0 Å². The fraction of sp³-hybridized carbons (Fsp3) is 0.588. The zero-order valence-electron chi connectivity index (χ0n) is 12.8. The molecule has 1 aromatic carbocycles. The van der Waals surface area contributed by atoms with Gasteiger partial charge in [0.05, 0.1) is 5.56 Å². The van der Waals surface area contributed by atoms with Crippen molar-refractivity contribution >= 4 is 11.7 Å². The number of nitrogen functional groups attached to an aromatic ring is 1. The Morgan fingerprint density at radius 3 is 2.62 bits per heavy atom. The van der Waals surface area contributed by atoms with Gasteiger partial charge in [0, 0.05) is 11.1 Å². The van der Waals surface area contributed by atoms with E-state index in [9.17, 15) is 9.18 Å². The Morgan fingerprint density at radius 2 is 2.10 bits per heavy atom. The molecule has 3 rings (SSSR count). The summed E-state index contributed by atoms with van der Waals surface area (Å²) < 4.78 is 18.8. The van der Waals surface area contributed by atoms with Gasteiger partial charge in [-0.15, -0.1) is 0 Å². The number of benzene rings is 1. The van der Waals surface area contributed by atoms with Crippen LogP contribution in [0.15, 0.2) is 18.2 Å². The minimum Gasteiger partial charge on any atom is -0.458 e. The summed E-state index contributed by atoms with van der Waals surface area (Å²) in [5, 5.41) is 0. The van der Waals surface area contributed by atoms with Crippen molar-refractivity contribution in [2.24, 2.45) is 16.7 Å². The van der Waals surface area contributed by atoms with Crippen LogP contribution in [0.1, 0.15) is 50.4 Å². The molecule has 0 aromatic heterocycles. The maximum absolute atomic E-state index is 13.1. The van der Waals surface area contributed by atoms with Gasteiger partial charge in [-0.25, -0.2) is 9.18 Å². The molecule has 0 amide bonds. The Balaban J connectivity index is 1.80. The number of rotatable bonds is 2. The fourth-order valence-electron chi connectivity index (χ4n) is 4.22. The number of hydrogen-bond acceptors (Lipinski definition) is 3. The highest BCUT2D eigenvalue weighted by molar-refractivity contribution is 5.95. The van der Waals surface area contributed by atoms with Crippen molar-refractivity contribution in [1.82, 2.24) is 0 Å². The number of carbonyl (C=O) groups excluding carboxylic acids is 1. The predicted octanol–water partition coefficient (Wildman–Crippen LogP) is 3.78. The fourth-order valence-corrected chi connectivity index (χ4v) is 4.22. The van der Waals surface area contributed by atoms with E-state index in [0.29, 0.717) is 5.92 Å². The average Bonchev–Trinajstić information content (AvgIpc) is 2.71. The lowest BCUT2D eigenvalue weighted by atomic mass is 9.70. The Labute approximate surface area is 124 Å². The minimum atomic E-state index is -0.447. The second-order valence-corrected chi connectivity index (χ2v) is 7.24. The molecule has 0 spiro atoms. The van der Waals surface area contributed by atoms with Crippen LogP contribution in [-0.4, -0.2) is 12.1 Å². The van der Waals surface area contributed by atoms with Gasteiger partial charge in [0.1, 0.15) is 11.9 Å². The molecule has 3 atom stereocenters. The Morgan fingerprint density at radius 1 is 1.38 bits per heavy atom. The summed E-state index contributed by atoms with van der Waals surface area (Å²) in [7, 11) is 0. The van der Waals surface area contributed by atoms with Crippen LogP contribution in [0.4, 0.5) is 10.1 Å². The van der Waals surface area contributed by atoms with Crippen molar-refractivity contribution in [1.29, 1.82) is 0 Å². The molecule has 3 nitrogen and oxygen atoms in total. The van der Waals surface area contributed by atoms with Crippen LogP contribution in [0.2, 0.25) is 0 Å². The van der Waals surface area contributed by atoms with E-state index < -0.39 is 11.8 Å². The Hall–Kier alpha value is -1.58. The monoisotopic (exact) mass is 291 g/mol. The number of hydrogen-bond donors (Lipinski definition) is 1. The molecule has 114 valence electrons. The second-order valence-electron chi connectivity index (χ2n) is 7.24. The average molecular weight is 291 g/mol. The molecule has 2 aliphatic rings. The molecule has 1 aromatic rings. The van der Waals surface area contributed by atoms with Gasteiger partial charge < -0.3 is 10.5 Å². The largest absolute Gasteiger partial charge is 0.458 e. The van der Waals surface area contributed by atoms with E-state index in [2.05, 4.69) is 20.8 Å². The van der Waals surface area contributed by atoms with E-state index in [-0.39, 0.29) is 28.2 Å². The second kappa shape index (κ2) is 4.46. The van der Waals surface area contributed by atoms with Gasteiger partial charge in [-0.3, -0.25) is 0 Å². The van der Waals surface area contributed by atoms with Gasteiger partial charge in [-0.1, -0.05) is 20.8 Å². The van der Waals surface area contributed by atoms with Gasteiger partial charge in [0.25, 0.3) is 0 Å². The van der Waals surface area contributed by atoms with Crippen LogP contribution in [-0.2, 0) is 4.74 Å². The topological polar surface area (TPSA) is 52.3 Å². The highest BCUT2D eigenvalue weighted by Gasteiger charge is 2.62. The van der Waals surface area contributed by atoms with Crippen molar-refractivity contribution in [2.75, 3.05) is 5.73 Å². The van der Waals surface area contributed by atoms with Gasteiger partial charge in [0.15, 0.2) is 0 Å². The first-order chi connectivity index (χ1) is 9.75. The lowest BCUT2D eigenvalue weighted by Gasteiger charge is -2.38. The van der Waals surface area contributed by atoms with E-state index in [1.807, 2.05) is 0 Å². The lowest BCUT2D eigenvalue weighted by molar-refractivity contribution is -0.0241. The SMILES string of the molecule is CC1(C)C2CCC1(C)C(OC(=O)c1ccc(F)cc1N)C2. The maximum atomic E-state index is 13.1. The third-order valence-electron chi connectivity index (χ3n) is 6.20. The van der Waals surface area contributed by atoms with E-state index in [4.69, 9.17) is 10.5 Å². The zero-order chi connectivity index (χ0) is 15.4. The first kappa shape index (κ1) is 14.4. The molecule has 21 heavy (non-hydrogen) atoms. The summed E-state index contributed by atoms with van der Waals surface area (Å²) in [6, 6.07) is 3.79. The summed E-state index contributed by atoms with van der Waals surface area (Å²) in [5.74, 6) is -0.287. The molecule has 2 aliphatic carbocycles. The molecule has 0 radical (unpaired) electrons. The van der Waals surface area contributed by atoms with Crippen LogP contribution in [0, 0.1) is 22.6 Å². The van der Waals surface area contributed by atoms with Crippen molar-refractivity contribution < 1.29 is 13.9 Å². The molecule has 4 heteroatoms. The standard InChI is InChI=1S/C17H22FNO2/c1-16(2)10-6-7-17(16,3)14(8-10)21-15(20)12-5-4-11(18)9-13(12)19/h4-5,9-10,14H,6-8,19H2,1-3H3. The van der Waals surface area contributed by atoms with Crippen molar-refractivity contribution in [3.8, 4) is 0 Å². The number of halogens is 1. The normalized spacial score (nSPS) is 33.1. The number of anilines is 1. The molecule has 0 heterocycles. The van der Waals surface area contributed by atoms with E-state index in [1.54, 1.807) is 0 Å². The molecule has 2 bridgehead atoms.